The van der Waals surface area contributed by atoms with Crippen LogP contribution in [0.3, 0.4) is 0 Å². The summed E-state index contributed by atoms with van der Waals surface area (Å²) < 4.78 is 5.54. The monoisotopic (exact) mass is 448 g/mol. The van der Waals surface area contributed by atoms with Gasteiger partial charge in [-0.05, 0) is 49.2 Å². The normalized spacial score (nSPS) is 22.4. The third kappa shape index (κ3) is 7.27. The Morgan fingerprint density at radius 3 is 2.67 bits per heavy atom. The molecule has 0 aliphatic carbocycles. The van der Waals surface area contributed by atoms with Gasteiger partial charge < -0.3 is 20.2 Å². The lowest BCUT2D eigenvalue weighted by Gasteiger charge is -2.38. The maximum Gasteiger partial charge on any atom is 0.0844 e. The van der Waals surface area contributed by atoms with Crippen molar-refractivity contribution in [2.24, 2.45) is 0 Å². The lowest BCUT2D eigenvalue weighted by Crippen LogP contribution is -2.36. The Hall–Kier alpha value is -1.05. The second-order valence-electron chi connectivity index (χ2n) is 8.24. The smallest absolute Gasteiger partial charge is 0.0844 e. The van der Waals surface area contributed by atoms with E-state index in [4.69, 9.17) is 10.1 Å². The summed E-state index contributed by atoms with van der Waals surface area (Å²) in [7, 11) is 1.22. The second-order valence-corrected chi connectivity index (χ2v) is 11.7. The van der Waals surface area contributed by atoms with Gasteiger partial charge in [0.1, 0.15) is 0 Å². The molecule has 0 aromatic carbocycles. The van der Waals surface area contributed by atoms with Crippen LogP contribution in [0.15, 0.2) is 58.4 Å². The van der Waals surface area contributed by atoms with E-state index in [0.717, 1.165) is 62.3 Å². The first kappa shape index (κ1) is 25.2. The molecule has 3 unspecified atom stereocenters. The first-order valence-electron chi connectivity index (χ1n) is 10.9. The second kappa shape index (κ2) is 12.1. The van der Waals surface area contributed by atoms with Crippen LogP contribution in [0, 0.1) is 5.41 Å². The number of aliphatic hydroxyl groups is 1. The average Bonchev–Trinajstić information content (AvgIpc) is 2.73. The van der Waals surface area contributed by atoms with Crippen molar-refractivity contribution in [3.05, 3.63) is 58.4 Å². The Morgan fingerprint density at radius 1 is 1.40 bits per heavy atom. The average molecular weight is 449 g/mol. The van der Waals surface area contributed by atoms with Crippen molar-refractivity contribution >= 4 is 23.4 Å². The molecule has 0 amide bonds. The number of nitrogens with one attached hydrogen (secondary N) is 1. The number of nitrogens with zero attached hydrogens (tertiary/aromatic N) is 1. The third-order valence-corrected chi connectivity index (χ3v) is 8.90. The number of rotatable bonds is 10. The van der Waals surface area contributed by atoms with Crippen LogP contribution in [0.2, 0.25) is 0 Å². The Bertz CT molecular complexity index is 739. The van der Waals surface area contributed by atoms with Crippen molar-refractivity contribution in [1.29, 1.82) is 5.41 Å². The molecule has 0 aromatic heterocycles. The van der Waals surface area contributed by atoms with Crippen molar-refractivity contribution in [3.8, 4) is 0 Å². The molecule has 4 nitrogen and oxygen atoms in total. The van der Waals surface area contributed by atoms with Crippen LogP contribution >= 0.6 is 17.2 Å². The van der Waals surface area contributed by atoms with Gasteiger partial charge in [0.25, 0.3) is 0 Å². The molecule has 0 spiro atoms. The van der Waals surface area contributed by atoms with E-state index in [-0.39, 0.29) is 5.40 Å². The lowest BCUT2D eigenvalue weighted by molar-refractivity contribution is 0.0571. The minimum atomic E-state index is -0.967. The van der Waals surface area contributed by atoms with Crippen LogP contribution in [-0.2, 0) is 4.74 Å². The molecule has 6 heteroatoms. The summed E-state index contributed by atoms with van der Waals surface area (Å²) in [5, 5.41) is 20.7. The van der Waals surface area contributed by atoms with Crippen LogP contribution in [0.5, 0.6) is 0 Å². The lowest BCUT2D eigenvalue weighted by atomic mass is 9.93. The molecule has 0 radical (unpaired) electrons. The molecule has 3 atom stereocenters. The fraction of sp³-hybridized carbons (Fsp3) is 0.542. The summed E-state index contributed by atoms with van der Waals surface area (Å²) in [6.07, 6.45) is 13.2. The fourth-order valence-corrected chi connectivity index (χ4v) is 7.48. The highest BCUT2D eigenvalue weighted by molar-refractivity contribution is 7.62. The Labute approximate surface area is 186 Å². The molecule has 0 aromatic rings. The zero-order valence-electron chi connectivity index (χ0n) is 18.9. The minimum Gasteiger partial charge on any atom is -0.386 e. The van der Waals surface area contributed by atoms with Gasteiger partial charge in [-0.15, -0.1) is 0 Å². The zero-order chi connectivity index (χ0) is 22.1. The van der Waals surface area contributed by atoms with E-state index < -0.39 is 5.60 Å². The Morgan fingerprint density at radius 2 is 2.10 bits per heavy atom. The van der Waals surface area contributed by atoms with Crippen LogP contribution in [0.25, 0.3) is 0 Å². The molecule has 1 saturated heterocycles. The highest BCUT2D eigenvalue weighted by atomic mass is 31.1. The number of hydrogen-bond acceptors (Lipinski definition) is 4. The quantitative estimate of drug-likeness (QED) is 0.253. The van der Waals surface area contributed by atoms with E-state index in [0.29, 0.717) is 17.2 Å². The number of ether oxygens (including phenoxy) is 1. The molecule has 0 bridgehead atoms. The summed E-state index contributed by atoms with van der Waals surface area (Å²) in [5.74, 6) is 0. The molecule has 2 aliphatic heterocycles. The number of morpholine rings is 1. The van der Waals surface area contributed by atoms with Gasteiger partial charge in [-0.25, -0.2) is 0 Å². The van der Waals surface area contributed by atoms with Gasteiger partial charge in [-0.2, -0.15) is 0 Å². The van der Waals surface area contributed by atoms with Crippen LogP contribution in [0.4, 0.5) is 0 Å². The predicted molar refractivity (Wildman–Crippen MR) is 135 cm³/mol. The molecule has 0 saturated carbocycles. The molecular formula is C24H38N2O2P2. The third-order valence-electron chi connectivity index (χ3n) is 5.29. The minimum absolute atomic E-state index is 0.257. The van der Waals surface area contributed by atoms with E-state index in [9.17, 15) is 5.11 Å². The van der Waals surface area contributed by atoms with Gasteiger partial charge in [-0.1, -0.05) is 67.8 Å². The van der Waals surface area contributed by atoms with Crippen LogP contribution in [-0.4, -0.2) is 53.5 Å². The topological polar surface area (TPSA) is 56.6 Å². The van der Waals surface area contributed by atoms with Crippen molar-refractivity contribution < 1.29 is 9.84 Å². The highest BCUT2D eigenvalue weighted by Crippen LogP contribution is 2.53. The molecule has 2 aliphatic rings. The van der Waals surface area contributed by atoms with E-state index in [1.54, 1.807) is 0 Å². The van der Waals surface area contributed by atoms with E-state index >= 15 is 0 Å². The summed E-state index contributed by atoms with van der Waals surface area (Å²) >= 11 is 0. The maximum atomic E-state index is 10.9. The SMILES string of the molecule is C=C(/C=C\C=C(/CCC)PC1PC(N2CCOCC2)=CC(C(C)(C)O)=C1C=N)CC. The fourth-order valence-electron chi connectivity index (χ4n) is 3.51. The van der Waals surface area contributed by atoms with Gasteiger partial charge in [0, 0.05) is 30.1 Å². The summed E-state index contributed by atoms with van der Waals surface area (Å²) in [6.45, 7) is 15.3. The predicted octanol–water partition coefficient (Wildman–Crippen LogP) is 5.78. The Kier molecular flexibility index (Phi) is 10.2. The van der Waals surface area contributed by atoms with E-state index in [1.807, 2.05) is 13.8 Å². The van der Waals surface area contributed by atoms with Crippen molar-refractivity contribution in [2.75, 3.05) is 26.3 Å². The van der Waals surface area contributed by atoms with Gasteiger partial charge in [-0.3, -0.25) is 0 Å². The molecule has 2 heterocycles. The molecule has 2 rings (SSSR count). The largest absolute Gasteiger partial charge is 0.386 e. The maximum absolute atomic E-state index is 10.9. The number of allylic oxidation sites excluding steroid dienone is 6. The molecule has 30 heavy (non-hydrogen) atoms. The van der Waals surface area contributed by atoms with Crippen LogP contribution < -0.4 is 0 Å². The molecule has 1 fully saturated rings. The van der Waals surface area contributed by atoms with Crippen molar-refractivity contribution in [1.82, 2.24) is 4.90 Å². The van der Waals surface area contributed by atoms with Crippen molar-refractivity contribution in [3.63, 3.8) is 0 Å². The standard InChI is InChI=1S/C24H38N2O2P2/c1-6-9-19(11-8-10-18(3)7-2)29-23-20(17-25)21(24(4,5)27)16-22(30-23)26-12-14-28-15-13-26/h8,10-11,16-17,23,25,27,29-30H,3,6-7,9,12-15H2,1-2,4-5H3/b10-8-,19-11+,25-17?. The summed E-state index contributed by atoms with van der Waals surface area (Å²) in [6, 6.07) is 0. The van der Waals surface area contributed by atoms with Gasteiger partial charge >= 0.3 is 0 Å². The molecule has 166 valence electrons. The van der Waals surface area contributed by atoms with Gasteiger partial charge in [0.15, 0.2) is 0 Å². The first-order chi connectivity index (χ1) is 14.3. The zero-order valence-corrected chi connectivity index (χ0v) is 20.9. The summed E-state index contributed by atoms with van der Waals surface area (Å²) in [5.41, 5.74) is 3.34. The van der Waals surface area contributed by atoms with E-state index in [2.05, 4.69) is 49.6 Å². The molecular weight excluding hydrogens is 410 g/mol. The van der Waals surface area contributed by atoms with E-state index in [1.165, 1.54) is 17.0 Å². The van der Waals surface area contributed by atoms with Crippen LogP contribution in [0.1, 0.15) is 47.0 Å². The highest BCUT2D eigenvalue weighted by Gasteiger charge is 2.32. The number of hydrogen-bond donors (Lipinski definition) is 2. The van der Waals surface area contributed by atoms with Gasteiger partial charge in [0.05, 0.1) is 18.8 Å². The van der Waals surface area contributed by atoms with Gasteiger partial charge in [0.2, 0.25) is 0 Å². The summed E-state index contributed by atoms with van der Waals surface area (Å²) in [4.78, 5) is 2.40. The first-order valence-corrected chi connectivity index (χ1v) is 13.1. The Balaban J connectivity index is 2.35. The molecule has 2 N–H and O–H groups in total. The van der Waals surface area contributed by atoms with Crippen molar-refractivity contribution in [2.45, 2.75) is 58.0 Å².